The van der Waals surface area contributed by atoms with Crippen molar-refractivity contribution in [1.82, 2.24) is 29.9 Å². The van der Waals surface area contributed by atoms with Crippen LogP contribution in [0.5, 0.6) is 0 Å². The van der Waals surface area contributed by atoms with E-state index in [2.05, 4.69) is 178 Å². The molecule has 6 nitrogen and oxygen atoms in total. The summed E-state index contributed by atoms with van der Waals surface area (Å²) in [6.07, 6.45) is 7.09. The molecule has 0 N–H and O–H groups in total. The molecule has 0 bridgehead atoms. The van der Waals surface area contributed by atoms with Gasteiger partial charge < -0.3 is 29.9 Å². The zero-order chi connectivity index (χ0) is 73.1. The van der Waals surface area contributed by atoms with Crippen molar-refractivity contribution in [3.8, 4) is 112 Å². The number of rotatable bonds is 10. The summed E-state index contributed by atoms with van der Waals surface area (Å²) in [4.78, 5) is 26.6. The minimum Gasteiger partial charge on any atom is -0.305 e. The Labute approximate surface area is 674 Å². The molecule has 0 aliphatic heterocycles. The predicted octanol–water partition coefficient (Wildman–Crippen LogP) is 23.2. The van der Waals surface area contributed by atoms with Gasteiger partial charge in [-0.05, 0) is 130 Å². The fourth-order valence-corrected chi connectivity index (χ4v) is 10.5. The number of hydrogen-bond acceptors (Lipinski definition) is 6. The van der Waals surface area contributed by atoms with Gasteiger partial charge in [0.25, 0.3) is 0 Å². The first kappa shape index (κ1) is 73.4. The van der Waals surface area contributed by atoms with Crippen molar-refractivity contribution < 1.29 is 87.3 Å². The number of pyridine rings is 6. The van der Waals surface area contributed by atoms with Gasteiger partial charge in [0.2, 0.25) is 0 Å². The number of aryl methyl sites for hydroxylation is 4. The Morgan fingerprint density at radius 2 is 0.663 bits per heavy atom. The maximum absolute atomic E-state index is 7.98. The van der Waals surface area contributed by atoms with E-state index in [9.17, 15) is 0 Å². The van der Waals surface area contributed by atoms with E-state index in [4.69, 9.17) is 6.85 Å². The van der Waals surface area contributed by atoms with Crippen LogP contribution in [-0.2, 0) is 80.4 Å². The van der Waals surface area contributed by atoms with E-state index in [0.29, 0.717) is 11.3 Å². The van der Waals surface area contributed by atoms with Crippen molar-refractivity contribution in [2.45, 2.75) is 27.7 Å². The molecule has 0 fully saturated rings. The molecule has 104 heavy (non-hydrogen) atoms. The molecule has 6 aromatic heterocycles. The first-order chi connectivity index (χ1) is 51.4. The third kappa shape index (κ3) is 24.2. The summed E-state index contributed by atoms with van der Waals surface area (Å²) < 4.78 is 39.1. The first-order valence-electron chi connectivity index (χ1n) is 35.1. The Balaban J connectivity index is 0.000000183. The molecule has 0 unspecified atom stereocenters. The predicted molar refractivity (Wildman–Crippen MR) is 412 cm³/mol. The van der Waals surface area contributed by atoms with E-state index in [0.717, 1.165) is 78.8 Å². The SMILES string of the molecule is Cc1cccc(-c2[c-]cccc2)n1.Cc1ccccc1-c1ccc(-c2[c-]cccc2)nc1.Cc1ccccc1-c1ccnc(-c2[c-]cccc2)c1.Cc1nc(-c2[c-]cccc2)ccc1-c1ccccc1.[2H]c1c([2H])c([2H])c(-c2ccc(-c3[c-]cccc3)nc2)c([2H])c1[2H].[Ir].[Ir].[Ir].[Ir].[c-]1ccccc1-c1ccccn1. The van der Waals surface area contributed by atoms with Crippen LogP contribution >= 0.6 is 0 Å². The zero-order valence-electron chi connectivity index (χ0n) is 62.3. The molecule has 16 aromatic rings. The number of benzene rings is 10. The summed E-state index contributed by atoms with van der Waals surface area (Å²) in [6, 6.07) is 119. The first-order valence-corrected chi connectivity index (χ1v) is 32.6. The van der Waals surface area contributed by atoms with E-state index < -0.39 is 6.04 Å². The molecule has 0 aliphatic rings. The Kier molecular flexibility index (Phi) is 30.8. The molecule has 0 spiro atoms. The molecule has 10 aromatic carbocycles. The molecule has 16 rings (SSSR count). The van der Waals surface area contributed by atoms with Crippen LogP contribution in [0, 0.1) is 64.1 Å². The molecule has 10 heteroatoms. The minimum atomic E-state index is -0.396. The molecule has 0 aliphatic carbocycles. The Morgan fingerprint density at radius 1 is 0.260 bits per heavy atom. The summed E-state index contributed by atoms with van der Waals surface area (Å²) in [6.45, 7) is 8.29. The second-order valence-corrected chi connectivity index (χ2v) is 22.7. The molecular weight excluding hydrogens is 1980 g/mol. The molecule has 520 valence electrons. The summed E-state index contributed by atoms with van der Waals surface area (Å²) in [5.74, 6) is 0. The molecule has 0 atom stereocenters. The summed E-state index contributed by atoms with van der Waals surface area (Å²) in [5.41, 5.74) is 24.0. The Morgan fingerprint density at radius 3 is 1.11 bits per heavy atom. The van der Waals surface area contributed by atoms with Crippen LogP contribution in [0.4, 0.5) is 0 Å². The van der Waals surface area contributed by atoms with Crippen LogP contribution in [-0.4, -0.2) is 29.9 Å². The standard InChI is InChI=1S/3C18H14N.C17H12N.C12H10N.C11H8N.4Ir/c1-14-17(15-8-4-2-5-9-15)12-13-18(19-14)16-10-6-3-7-11-16;1-14-7-5-6-10-17(14)16-11-12-19-18(13-16)15-8-3-2-4-9-15;1-14-7-5-6-10-17(14)16-11-12-18(19-13-16)15-8-3-2-4-9-15;1-3-7-14(8-4-1)16-11-12-17(18-13-16)15-9-5-2-6-10-15;1-10-6-5-9-12(13-10)11-7-3-2-4-8-11;1-2-6-10(7-3-1)11-8-4-5-9-12-11;;;;/h2-10,12-13H,1H3;2*2-8,10-13H,1H3;1-9,11-13H;2-7,9H,1H3;1-6,8-9H;;;;/q6*-1;;;;/i;;;1D,3D,4D,7D,8D;;;;;;. The Hall–Kier alpha value is -10.3. The molecular formula is C94H72Ir4N6-6. The molecule has 0 saturated heterocycles. The topological polar surface area (TPSA) is 77.3 Å². The van der Waals surface area contributed by atoms with E-state index in [-0.39, 0.29) is 110 Å². The van der Waals surface area contributed by atoms with Crippen molar-refractivity contribution in [3.63, 3.8) is 0 Å². The summed E-state index contributed by atoms with van der Waals surface area (Å²) in [5, 5.41) is 0. The van der Waals surface area contributed by atoms with Crippen molar-refractivity contribution >= 4 is 0 Å². The average Bonchev–Trinajstić information content (AvgIpc) is 0.775. The number of aromatic nitrogens is 6. The van der Waals surface area contributed by atoms with Gasteiger partial charge in [-0.15, -0.1) is 215 Å². The van der Waals surface area contributed by atoms with Crippen molar-refractivity contribution in [1.29, 1.82) is 0 Å². The molecule has 6 heterocycles. The van der Waals surface area contributed by atoms with Crippen molar-refractivity contribution in [3.05, 3.63) is 423 Å². The normalized spacial score (nSPS) is 10.5. The van der Waals surface area contributed by atoms with Crippen LogP contribution < -0.4 is 0 Å². The van der Waals surface area contributed by atoms with Gasteiger partial charge in [0.1, 0.15) is 0 Å². The smallest absolute Gasteiger partial charge is 0.0629 e. The van der Waals surface area contributed by atoms with Crippen molar-refractivity contribution in [2.24, 2.45) is 0 Å². The average molecular weight is 2060 g/mol. The monoisotopic (exact) mass is 2060 g/mol. The minimum absolute atomic E-state index is 0. The number of nitrogens with zero attached hydrogens (tertiary/aromatic N) is 6. The fourth-order valence-electron chi connectivity index (χ4n) is 10.5. The molecule has 0 saturated carbocycles. The van der Waals surface area contributed by atoms with Crippen LogP contribution in [0.25, 0.3) is 112 Å². The molecule has 0 amide bonds. The Bertz CT molecular complexity index is 5320. The largest absolute Gasteiger partial charge is 0.305 e. The third-order valence-corrected chi connectivity index (χ3v) is 15.6. The molecule has 4 radical (unpaired) electrons. The maximum Gasteiger partial charge on any atom is 0.0629 e. The second kappa shape index (κ2) is 43.6. The maximum atomic E-state index is 7.98. The van der Waals surface area contributed by atoms with Gasteiger partial charge in [-0.3, -0.25) is 0 Å². The van der Waals surface area contributed by atoms with E-state index >= 15 is 0 Å². The summed E-state index contributed by atoms with van der Waals surface area (Å²) >= 11 is 0. The number of hydrogen-bond donors (Lipinski definition) is 0. The van der Waals surface area contributed by atoms with Crippen LogP contribution in [0.1, 0.15) is 29.4 Å². The van der Waals surface area contributed by atoms with Crippen LogP contribution in [0.15, 0.2) is 364 Å². The quantitative estimate of drug-likeness (QED) is 0.127. The van der Waals surface area contributed by atoms with Crippen LogP contribution in [0.3, 0.4) is 0 Å². The van der Waals surface area contributed by atoms with Gasteiger partial charge in [0.05, 0.1) is 6.85 Å². The van der Waals surface area contributed by atoms with Gasteiger partial charge in [-0.1, -0.05) is 176 Å². The van der Waals surface area contributed by atoms with E-state index in [1.807, 2.05) is 220 Å². The van der Waals surface area contributed by atoms with Crippen LogP contribution in [0.2, 0.25) is 0 Å². The van der Waals surface area contributed by atoms with Gasteiger partial charge in [-0.25, -0.2) is 0 Å². The van der Waals surface area contributed by atoms with E-state index in [1.54, 1.807) is 24.4 Å². The van der Waals surface area contributed by atoms with E-state index in [1.165, 1.54) is 45.1 Å². The van der Waals surface area contributed by atoms with Gasteiger partial charge in [0.15, 0.2) is 0 Å². The summed E-state index contributed by atoms with van der Waals surface area (Å²) in [7, 11) is 0. The third-order valence-electron chi connectivity index (χ3n) is 15.6. The van der Waals surface area contributed by atoms with Crippen molar-refractivity contribution in [2.75, 3.05) is 0 Å². The van der Waals surface area contributed by atoms with Gasteiger partial charge >= 0.3 is 0 Å². The second-order valence-electron chi connectivity index (χ2n) is 22.7. The van der Waals surface area contributed by atoms with Gasteiger partial charge in [-0.2, -0.15) is 0 Å². The zero-order valence-corrected chi connectivity index (χ0v) is 66.9. The fraction of sp³-hybridized carbons (Fsp3) is 0.0426. The van der Waals surface area contributed by atoms with Gasteiger partial charge in [0, 0.05) is 122 Å².